The van der Waals surface area contributed by atoms with Gasteiger partial charge in [0.25, 0.3) is 0 Å². The number of nitrogens with one attached hydrogen (secondary N) is 2. The zero-order valence-electron chi connectivity index (χ0n) is 15.4. The summed E-state index contributed by atoms with van der Waals surface area (Å²) >= 11 is 0. The number of carbonyl (C=O) groups excluding carboxylic acids is 3. The Morgan fingerprint density at radius 3 is 2.11 bits per heavy atom. The molecule has 2 heterocycles. The fourth-order valence-electron chi connectivity index (χ4n) is 3.54. The Labute approximate surface area is 159 Å². The van der Waals surface area contributed by atoms with Gasteiger partial charge in [-0.05, 0) is 43.9 Å². The lowest BCUT2D eigenvalue weighted by Crippen LogP contribution is -2.40. The number of amides is 4. The van der Waals surface area contributed by atoms with Crippen molar-refractivity contribution in [1.82, 2.24) is 9.80 Å². The molecular formula is C20H26N4O3. The first-order valence-corrected chi connectivity index (χ1v) is 9.45. The first-order chi connectivity index (χ1) is 13.1. The molecule has 0 bridgehead atoms. The van der Waals surface area contributed by atoms with Crippen LogP contribution in [0.1, 0.15) is 25.7 Å². The van der Waals surface area contributed by atoms with Crippen molar-refractivity contribution in [2.45, 2.75) is 25.7 Å². The number of para-hydroxylation sites is 2. The summed E-state index contributed by atoms with van der Waals surface area (Å²) in [6.45, 7) is 6.14. The number of hydrogen-bond donors (Lipinski definition) is 2. The molecule has 4 amide bonds. The summed E-state index contributed by atoms with van der Waals surface area (Å²) in [5.74, 6) is -0.325. The van der Waals surface area contributed by atoms with Gasteiger partial charge in [0, 0.05) is 32.1 Å². The summed E-state index contributed by atoms with van der Waals surface area (Å²) < 4.78 is 0. The SMILES string of the molecule is C=CC(=O)N1CCC(C(=O)Nc2ccccc2NC(=O)N2CCCC2)CC1. The minimum Gasteiger partial charge on any atom is -0.339 e. The first kappa shape index (κ1) is 18.9. The molecule has 0 radical (unpaired) electrons. The monoisotopic (exact) mass is 370 g/mol. The van der Waals surface area contributed by atoms with Crippen LogP contribution >= 0.6 is 0 Å². The summed E-state index contributed by atoms with van der Waals surface area (Å²) in [6, 6.07) is 7.09. The molecule has 0 atom stereocenters. The van der Waals surface area contributed by atoms with Crippen LogP contribution in [0.25, 0.3) is 0 Å². The molecule has 144 valence electrons. The molecule has 3 rings (SSSR count). The molecule has 7 heteroatoms. The molecule has 0 unspecified atom stereocenters. The van der Waals surface area contributed by atoms with E-state index < -0.39 is 0 Å². The summed E-state index contributed by atoms with van der Waals surface area (Å²) in [5, 5.41) is 5.84. The number of rotatable bonds is 4. The second-order valence-corrected chi connectivity index (χ2v) is 6.96. The van der Waals surface area contributed by atoms with Crippen LogP contribution in [0.2, 0.25) is 0 Å². The van der Waals surface area contributed by atoms with Crippen LogP contribution in [0.15, 0.2) is 36.9 Å². The zero-order valence-corrected chi connectivity index (χ0v) is 15.4. The third-order valence-electron chi connectivity index (χ3n) is 5.17. The lowest BCUT2D eigenvalue weighted by Gasteiger charge is -2.30. The minimum atomic E-state index is -0.152. The summed E-state index contributed by atoms with van der Waals surface area (Å²) in [6.07, 6.45) is 4.60. The van der Waals surface area contributed by atoms with Crippen molar-refractivity contribution in [3.8, 4) is 0 Å². The highest BCUT2D eigenvalue weighted by molar-refractivity contribution is 6.00. The molecule has 2 saturated heterocycles. The van der Waals surface area contributed by atoms with Crippen molar-refractivity contribution in [3.63, 3.8) is 0 Å². The largest absolute Gasteiger partial charge is 0.339 e. The molecule has 0 spiro atoms. The fraction of sp³-hybridized carbons (Fsp3) is 0.450. The molecule has 1 aromatic carbocycles. The molecule has 0 aromatic heterocycles. The topological polar surface area (TPSA) is 81.8 Å². The Morgan fingerprint density at radius 2 is 1.52 bits per heavy atom. The van der Waals surface area contributed by atoms with Gasteiger partial charge in [-0.15, -0.1) is 0 Å². The van der Waals surface area contributed by atoms with Crippen molar-refractivity contribution >= 4 is 29.2 Å². The number of anilines is 2. The maximum atomic E-state index is 12.6. The third kappa shape index (κ3) is 4.67. The molecule has 27 heavy (non-hydrogen) atoms. The van der Waals surface area contributed by atoms with Gasteiger partial charge >= 0.3 is 6.03 Å². The molecule has 1 aromatic rings. The standard InChI is InChI=1S/C20H26N4O3/c1-2-18(25)23-13-9-15(10-14-23)19(26)21-16-7-3-4-8-17(16)22-20(27)24-11-5-6-12-24/h2-4,7-8,15H,1,5-6,9-14H2,(H,21,26)(H,22,27). The van der Waals surface area contributed by atoms with Gasteiger partial charge in [-0.1, -0.05) is 18.7 Å². The summed E-state index contributed by atoms with van der Waals surface area (Å²) in [4.78, 5) is 40.1. The fourth-order valence-corrected chi connectivity index (χ4v) is 3.54. The van der Waals surface area contributed by atoms with Gasteiger partial charge < -0.3 is 20.4 Å². The van der Waals surface area contributed by atoms with Crippen LogP contribution in [0.3, 0.4) is 0 Å². The predicted molar refractivity (Wildman–Crippen MR) is 104 cm³/mol. The molecular weight excluding hydrogens is 344 g/mol. The average Bonchev–Trinajstić information content (AvgIpc) is 3.24. The number of hydrogen-bond acceptors (Lipinski definition) is 3. The lowest BCUT2D eigenvalue weighted by atomic mass is 9.95. The van der Waals surface area contributed by atoms with Crippen LogP contribution in [-0.2, 0) is 9.59 Å². The predicted octanol–water partition coefficient (Wildman–Crippen LogP) is 2.68. The van der Waals surface area contributed by atoms with Gasteiger partial charge in [0.15, 0.2) is 0 Å². The minimum absolute atomic E-state index is 0.0800. The van der Waals surface area contributed by atoms with E-state index in [9.17, 15) is 14.4 Å². The second kappa shape index (κ2) is 8.70. The second-order valence-electron chi connectivity index (χ2n) is 6.96. The van der Waals surface area contributed by atoms with E-state index in [2.05, 4.69) is 17.2 Å². The molecule has 2 aliphatic rings. The maximum Gasteiger partial charge on any atom is 0.321 e. The highest BCUT2D eigenvalue weighted by atomic mass is 16.2. The highest BCUT2D eigenvalue weighted by Crippen LogP contribution is 2.25. The van der Waals surface area contributed by atoms with E-state index in [0.29, 0.717) is 37.3 Å². The van der Waals surface area contributed by atoms with E-state index >= 15 is 0 Å². The van der Waals surface area contributed by atoms with Gasteiger partial charge in [0.05, 0.1) is 11.4 Å². The number of piperidine rings is 1. The number of likely N-dealkylation sites (tertiary alicyclic amines) is 2. The van der Waals surface area contributed by atoms with Crippen LogP contribution in [0, 0.1) is 5.92 Å². The Bertz CT molecular complexity index is 720. The number of carbonyl (C=O) groups is 3. The molecule has 0 aliphatic carbocycles. The van der Waals surface area contributed by atoms with Crippen LogP contribution in [0.4, 0.5) is 16.2 Å². The van der Waals surface area contributed by atoms with Crippen LogP contribution < -0.4 is 10.6 Å². The Morgan fingerprint density at radius 1 is 0.926 bits per heavy atom. The Balaban J connectivity index is 1.59. The van der Waals surface area contributed by atoms with E-state index in [4.69, 9.17) is 0 Å². The van der Waals surface area contributed by atoms with Gasteiger partial charge in [-0.3, -0.25) is 9.59 Å². The number of benzene rings is 1. The van der Waals surface area contributed by atoms with E-state index in [0.717, 1.165) is 25.9 Å². The van der Waals surface area contributed by atoms with Crippen molar-refractivity contribution in [3.05, 3.63) is 36.9 Å². The van der Waals surface area contributed by atoms with Crippen LogP contribution in [-0.4, -0.2) is 53.8 Å². The quantitative estimate of drug-likeness (QED) is 0.800. The lowest BCUT2D eigenvalue weighted by molar-refractivity contribution is -0.130. The summed E-state index contributed by atoms with van der Waals surface area (Å²) in [5.41, 5.74) is 1.20. The molecule has 2 N–H and O–H groups in total. The van der Waals surface area contributed by atoms with Crippen molar-refractivity contribution in [2.24, 2.45) is 5.92 Å². The Hall–Kier alpha value is -2.83. The smallest absolute Gasteiger partial charge is 0.321 e. The Kier molecular flexibility index (Phi) is 6.11. The van der Waals surface area contributed by atoms with Crippen molar-refractivity contribution < 1.29 is 14.4 Å². The molecule has 2 fully saturated rings. The first-order valence-electron chi connectivity index (χ1n) is 9.45. The highest BCUT2D eigenvalue weighted by Gasteiger charge is 2.27. The van der Waals surface area contributed by atoms with Gasteiger partial charge in [0.2, 0.25) is 11.8 Å². The van der Waals surface area contributed by atoms with E-state index in [-0.39, 0.29) is 23.8 Å². The van der Waals surface area contributed by atoms with Gasteiger partial charge in [-0.25, -0.2) is 4.79 Å². The molecule has 2 aliphatic heterocycles. The van der Waals surface area contributed by atoms with E-state index in [1.165, 1.54) is 6.08 Å². The zero-order chi connectivity index (χ0) is 19.2. The average molecular weight is 370 g/mol. The van der Waals surface area contributed by atoms with Gasteiger partial charge in [0.1, 0.15) is 0 Å². The number of nitrogens with zero attached hydrogens (tertiary/aromatic N) is 2. The van der Waals surface area contributed by atoms with Crippen LogP contribution in [0.5, 0.6) is 0 Å². The van der Waals surface area contributed by atoms with E-state index in [1.54, 1.807) is 21.9 Å². The third-order valence-corrected chi connectivity index (χ3v) is 5.17. The summed E-state index contributed by atoms with van der Waals surface area (Å²) in [7, 11) is 0. The van der Waals surface area contributed by atoms with Crippen molar-refractivity contribution in [2.75, 3.05) is 36.8 Å². The normalized spacial score (nSPS) is 17.5. The van der Waals surface area contributed by atoms with E-state index in [1.807, 2.05) is 12.1 Å². The van der Waals surface area contributed by atoms with Crippen molar-refractivity contribution in [1.29, 1.82) is 0 Å². The molecule has 0 saturated carbocycles. The van der Waals surface area contributed by atoms with Gasteiger partial charge in [-0.2, -0.15) is 0 Å². The number of urea groups is 1. The maximum absolute atomic E-state index is 12.6. The molecule has 7 nitrogen and oxygen atoms in total.